The first kappa shape index (κ1) is 19.2. The van der Waals surface area contributed by atoms with Crippen LogP contribution in [0.15, 0.2) is 0 Å². The highest BCUT2D eigenvalue weighted by Crippen LogP contribution is 2.31. The predicted octanol–water partition coefficient (Wildman–Crippen LogP) is 2.29. The molecule has 0 aromatic carbocycles. The second kappa shape index (κ2) is 8.16. The van der Waals surface area contributed by atoms with E-state index in [0.29, 0.717) is 13.0 Å². The minimum absolute atomic E-state index is 0. The Labute approximate surface area is 139 Å². The molecule has 1 amide bonds. The number of carbonyl (C=O) groups is 2. The Balaban J connectivity index is 0.00000242. The van der Waals surface area contributed by atoms with Crippen LogP contribution in [0.25, 0.3) is 0 Å². The summed E-state index contributed by atoms with van der Waals surface area (Å²) in [5, 5.41) is 12.2. The molecule has 2 atom stereocenters. The Morgan fingerprint density at radius 3 is 2.18 bits per heavy atom. The number of carboxylic acid groups (broad SMARTS) is 1. The number of nitrogens with zero attached hydrogens (tertiary/aromatic N) is 1. The van der Waals surface area contributed by atoms with Crippen molar-refractivity contribution in [1.82, 2.24) is 10.2 Å². The van der Waals surface area contributed by atoms with Crippen molar-refractivity contribution in [1.29, 1.82) is 0 Å². The van der Waals surface area contributed by atoms with Crippen LogP contribution in [0.3, 0.4) is 0 Å². The number of hydrogen-bond acceptors (Lipinski definition) is 3. The van der Waals surface area contributed by atoms with Crippen molar-refractivity contribution in [3.63, 3.8) is 0 Å². The van der Waals surface area contributed by atoms with Crippen molar-refractivity contribution in [2.75, 3.05) is 6.54 Å². The molecule has 2 fully saturated rings. The molecule has 1 saturated carbocycles. The van der Waals surface area contributed by atoms with Crippen LogP contribution < -0.4 is 5.32 Å². The molecule has 1 saturated heterocycles. The number of hydrogen-bond donors (Lipinski definition) is 2. The van der Waals surface area contributed by atoms with Crippen molar-refractivity contribution < 1.29 is 14.7 Å². The first-order chi connectivity index (χ1) is 9.90. The molecule has 22 heavy (non-hydrogen) atoms. The Morgan fingerprint density at radius 1 is 1.14 bits per heavy atom. The van der Waals surface area contributed by atoms with Gasteiger partial charge in [-0.2, -0.15) is 0 Å². The van der Waals surface area contributed by atoms with E-state index in [4.69, 9.17) is 5.11 Å². The molecule has 1 heterocycles. The minimum atomic E-state index is -0.813. The predicted molar refractivity (Wildman–Crippen MR) is 88.2 cm³/mol. The fraction of sp³-hybridized carbons (Fsp3) is 0.875. The fourth-order valence-electron chi connectivity index (χ4n) is 3.59. The summed E-state index contributed by atoms with van der Waals surface area (Å²) in [5.74, 6) is 0.0676. The highest BCUT2D eigenvalue weighted by Gasteiger charge is 2.39. The van der Waals surface area contributed by atoms with Crippen LogP contribution in [0.4, 0.5) is 0 Å². The van der Waals surface area contributed by atoms with Crippen molar-refractivity contribution in [3.8, 4) is 0 Å². The topological polar surface area (TPSA) is 69.6 Å². The maximum absolute atomic E-state index is 12.6. The highest BCUT2D eigenvalue weighted by molar-refractivity contribution is 5.85. The van der Waals surface area contributed by atoms with Crippen molar-refractivity contribution >= 4 is 24.3 Å². The van der Waals surface area contributed by atoms with Crippen molar-refractivity contribution in [2.45, 2.75) is 71.0 Å². The lowest BCUT2D eigenvalue weighted by atomic mass is 9.85. The zero-order chi connectivity index (χ0) is 15.6. The number of nitrogens with one attached hydrogen (secondary N) is 1. The molecule has 1 aliphatic carbocycles. The number of amides is 1. The lowest BCUT2D eigenvalue weighted by molar-refractivity contribution is -0.142. The molecule has 1 aliphatic heterocycles. The van der Waals surface area contributed by atoms with Crippen LogP contribution >= 0.6 is 12.4 Å². The monoisotopic (exact) mass is 332 g/mol. The fourth-order valence-corrected chi connectivity index (χ4v) is 3.59. The molecule has 0 spiro atoms. The Hall–Kier alpha value is -0.810. The summed E-state index contributed by atoms with van der Waals surface area (Å²) >= 11 is 0. The standard InChI is InChI=1S/C16H28N2O3.ClH/c1-10(2)15(19)18(12-6-4-11(3)5-7-12)13-8-14(16(20)21)17-9-13;/h10-14,17H,4-9H2,1-3H3,(H,20,21);1H/t11?,12?,13-,14-;/m0./s1. The molecule has 0 aromatic heterocycles. The number of halogens is 1. The molecule has 128 valence electrons. The van der Waals surface area contributed by atoms with Crippen LogP contribution in [-0.2, 0) is 9.59 Å². The van der Waals surface area contributed by atoms with E-state index in [1.54, 1.807) is 0 Å². The van der Waals surface area contributed by atoms with E-state index in [1.807, 2.05) is 18.7 Å². The zero-order valence-corrected chi connectivity index (χ0v) is 14.6. The second-order valence-electron chi connectivity index (χ2n) is 7.00. The minimum Gasteiger partial charge on any atom is -0.480 e. The summed E-state index contributed by atoms with van der Waals surface area (Å²) < 4.78 is 0. The summed E-state index contributed by atoms with van der Waals surface area (Å²) in [6.45, 7) is 6.72. The van der Waals surface area contributed by atoms with Crippen LogP contribution in [0, 0.1) is 11.8 Å². The average molecular weight is 333 g/mol. The number of carbonyl (C=O) groups excluding carboxylic acids is 1. The van der Waals surface area contributed by atoms with Gasteiger partial charge < -0.3 is 15.3 Å². The highest BCUT2D eigenvalue weighted by atomic mass is 35.5. The third-order valence-electron chi connectivity index (χ3n) is 4.93. The van der Waals surface area contributed by atoms with Gasteiger partial charge in [-0.25, -0.2) is 0 Å². The molecule has 0 radical (unpaired) electrons. The number of carboxylic acids is 1. The molecule has 0 aromatic rings. The molecule has 0 unspecified atom stereocenters. The third-order valence-corrected chi connectivity index (χ3v) is 4.93. The van der Waals surface area contributed by atoms with E-state index in [2.05, 4.69) is 12.2 Å². The van der Waals surface area contributed by atoms with E-state index in [-0.39, 0.29) is 36.3 Å². The van der Waals surface area contributed by atoms with Gasteiger partial charge in [0.25, 0.3) is 0 Å². The molecule has 5 nitrogen and oxygen atoms in total. The summed E-state index contributed by atoms with van der Waals surface area (Å²) in [5.41, 5.74) is 0. The maximum Gasteiger partial charge on any atom is 0.320 e. The summed E-state index contributed by atoms with van der Waals surface area (Å²) in [6, 6.07) is -0.199. The third kappa shape index (κ3) is 4.35. The zero-order valence-electron chi connectivity index (χ0n) is 13.7. The second-order valence-corrected chi connectivity index (χ2v) is 7.00. The number of aliphatic carboxylic acids is 1. The first-order valence-electron chi connectivity index (χ1n) is 8.18. The Morgan fingerprint density at radius 2 is 1.73 bits per heavy atom. The Bertz CT molecular complexity index is 395. The van der Waals surface area contributed by atoms with E-state index in [1.165, 1.54) is 0 Å². The van der Waals surface area contributed by atoms with E-state index in [9.17, 15) is 9.59 Å². The van der Waals surface area contributed by atoms with Crippen LogP contribution in [0.5, 0.6) is 0 Å². The quantitative estimate of drug-likeness (QED) is 0.828. The van der Waals surface area contributed by atoms with Gasteiger partial charge >= 0.3 is 5.97 Å². The van der Waals surface area contributed by atoms with E-state index < -0.39 is 12.0 Å². The molecular weight excluding hydrogens is 304 g/mol. The average Bonchev–Trinajstić information content (AvgIpc) is 2.90. The lowest BCUT2D eigenvalue weighted by Gasteiger charge is -2.40. The van der Waals surface area contributed by atoms with Crippen molar-refractivity contribution in [2.24, 2.45) is 11.8 Å². The maximum atomic E-state index is 12.6. The smallest absolute Gasteiger partial charge is 0.320 e. The summed E-state index contributed by atoms with van der Waals surface area (Å²) in [4.78, 5) is 25.8. The van der Waals surface area contributed by atoms with Gasteiger partial charge in [0.1, 0.15) is 6.04 Å². The molecule has 2 aliphatic rings. The van der Waals surface area contributed by atoms with Gasteiger partial charge in [-0.1, -0.05) is 20.8 Å². The van der Waals surface area contributed by atoms with E-state index in [0.717, 1.165) is 31.6 Å². The first-order valence-corrected chi connectivity index (χ1v) is 8.18. The molecule has 6 heteroatoms. The van der Waals surface area contributed by atoms with Crippen molar-refractivity contribution in [3.05, 3.63) is 0 Å². The number of rotatable bonds is 4. The van der Waals surface area contributed by atoms with Gasteiger partial charge in [0.05, 0.1) is 0 Å². The SMILES string of the molecule is CC1CCC(N(C(=O)C(C)C)[C@@H]2CN[C@H](C(=O)O)C2)CC1.Cl. The van der Waals surface area contributed by atoms with E-state index >= 15 is 0 Å². The van der Waals surface area contributed by atoms with Crippen LogP contribution in [0.2, 0.25) is 0 Å². The molecule has 2 rings (SSSR count). The summed E-state index contributed by atoms with van der Waals surface area (Å²) in [7, 11) is 0. The van der Waals surface area contributed by atoms with Crippen LogP contribution in [-0.4, -0.2) is 46.6 Å². The van der Waals surface area contributed by atoms with Gasteiger partial charge in [0, 0.05) is 24.5 Å². The summed E-state index contributed by atoms with van der Waals surface area (Å²) in [6.07, 6.45) is 4.95. The normalized spacial score (nSPS) is 31.6. The van der Waals surface area contributed by atoms with Gasteiger partial charge in [0.15, 0.2) is 0 Å². The molecule has 2 N–H and O–H groups in total. The Kier molecular flexibility index (Phi) is 7.13. The van der Waals surface area contributed by atoms with Gasteiger partial charge in [-0.05, 0) is 38.0 Å². The van der Waals surface area contributed by atoms with Gasteiger partial charge in [0.2, 0.25) is 5.91 Å². The van der Waals surface area contributed by atoms with Gasteiger partial charge in [-0.3, -0.25) is 9.59 Å². The molecular formula is C16H29ClN2O3. The molecule has 0 bridgehead atoms. The van der Waals surface area contributed by atoms with Gasteiger partial charge in [-0.15, -0.1) is 12.4 Å². The van der Waals surface area contributed by atoms with Crippen LogP contribution in [0.1, 0.15) is 52.9 Å². The largest absolute Gasteiger partial charge is 0.480 e. The lowest BCUT2D eigenvalue weighted by Crippen LogP contribution is -2.50.